The molecule has 8 nitrogen and oxygen atoms in total. The third-order valence-electron chi connectivity index (χ3n) is 4.35. The molecule has 4 N–H and O–H groups in total. The van der Waals surface area contributed by atoms with Crippen LogP contribution in [0, 0.1) is 0 Å². The second-order valence-corrected chi connectivity index (χ2v) is 8.18. The number of nitrogens with zero attached hydrogens (tertiary/aromatic N) is 2. The molecule has 1 aromatic rings. The van der Waals surface area contributed by atoms with Gasteiger partial charge >= 0.3 is 15.5 Å². The van der Waals surface area contributed by atoms with Crippen molar-refractivity contribution in [2.75, 3.05) is 20.1 Å². The Hall–Kier alpha value is -2.34. The number of hydrogen-bond acceptors (Lipinski definition) is 4. The van der Waals surface area contributed by atoms with Crippen molar-refractivity contribution in [3.63, 3.8) is 0 Å². The van der Waals surface area contributed by atoms with Gasteiger partial charge in [-0.15, -0.1) is 0 Å². The number of amides is 1. The highest BCUT2D eigenvalue weighted by Gasteiger charge is 2.50. The Bertz CT molecular complexity index is 817. The first kappa shape index (κ1) is 22.0. The van der Waals surface area contributed by atoms with Crippen LogP contribution in [0.1, 0.15) is 28.8 Å². The van der Waals surface area contributed by atoms with Gasteiger partial charge in [0.15, 0.2) is 5.96 Å². The molecule has 1 aliphatic rings. The number of nitrogens with one attached hydrogen (secondary N) is 2. The summed E-state index contributed by atoms with van der Waals surface area (Å²) in [6, 6.07) is 6.48. The number of carbonyl (C=O) groups excluding carboxylic acids is 1. The van der Waals surface area contributed by atoms with Crippen molar-refractivity contribution < 1.29 is 26.4 Å². The smallest absolute Gasteiger partial charge is 0.366 e. The quantitative estimate of drug-likeness (QED) is 0.480. The Kier molecular flexibility index (Phi) is 6.88. The number of carbonyl (C=O) groups is 1. The monoisotopic (exact) mass is 421 g/mol. The van der Waals surface area contributed by atoms with Crippen LogP contribution < -0.4 is 16.4 Å². The minimum absolute atomic E-state index is 0.205. The number of benzene rings is 1. The number of nitrogens with two attached hydrogens (primary N) is 1. The predicted octanol–water partition coefficient (Wildman–Crippen LogP) is 0.764. The molecule has 0 atom stereocenters. The van der Waals surface area contributed by atoms with Crippen molar-refractivity contribution in [3.05, 3.63) is 35.4 Å². The van der Waals surface area contributed by atoms with E-state index in [-0.39, 0.29) is 32.0 Å². The van der Waals surface area contributed by atoms with Crippen molar-refractivity contribution in [1.82, 2.24) is 14.9 Å². The lowest BCUT2D eigenvalue weighted by molar-refractivity contribution is -0.0494. The molecular formula is C16H22F3N5O3S. The number of primary amides is 1. The highest BCUT2D eigenvalue weighted by molar-refractivity contribution is 7.90. The van der Waals surface area contributed by atoms with E-state index in [0.29, 0.717) is 22.4 Å². The fourth-order valence-electron chi connectivity index (χ4n) is 2.75. The van der Waals surface area contributed by atoms with Gasteiger partial charge in [0.1, 0.15) is 0 Å². The minimum atomic E-state index is -5.29. The standard InChI is InChI=1S/C16H22F3N5O3S/c1-21-15(22-10-11-2-4-12(5-3-11)14(20)25)23-13-6-8-24(9-7-13)28(26,27)16(17,18)19/h2-5,13H,6-10H2,1H3,(H2,20,25)(H2,21,22,23). The summed E-state index contributed by atoms with van der Waals surface area (Å²) >= 11 is 0. The largest absolute Gasteiger partial charge is 0.511 e. The topological polar surface area (TPSA) is 117 Å². The van der Waals surface area contributed by atoms with E-state index in [4.69, 9.17) is 5.73 Å². The van der Waals surface area contributed by atoms with Crippen LogP contribution in [-0.4, -0.2) is 56.3 Å². The van der Waals surface area contributed by atoms with Crippen LogP contribution in [0.2, 0.25) is 0 Å². The molecule has 156 valence electrons. The summed E-state index contributed by atoms with van der Waals surface area (Å²) < 4.78 is 61.2. The van der Waals surface area contributed by atoms with Crippen molar-refractivity contribution in [2.24, 2.45) is 10.7 Å². The van der Waals surface area contributed by atoms with E-state index >= 15 is 0 Å². The number of guanidine groups is 1. The molecule has 1 aliphatic heterocycles. The van der Waals surface area contributed by atoms with E-state index in [9.17, 15) is 26.4 Å². The molecule has 12 heteroatoms. The van der Waals surface area contributed by atoms with Crippen LogP contribution in [0.5, 0.6) is 0 Å². The zero-order chi connectivity index (χ0) is 20.9. The van der Waals surface area contributed by atoms with Gasteiger partial charge in [0.05, 0.1) is 0 Å². The molecule has 0 aromatic heterocycles. The van der Waals surface area contributed by atoms with E-state index < -0.39 is 21.4 Å². The van der Waals surface area contributed by atoms with Crippen LogP contribution in [0.4, 0.5) is 13.2 Å². The van der Waals surface area contributed by atoms with Crippen molar-refractivity contribution >= 4 is 21.9 Å². The molecule has 0 radical (unpaired) electrons. The lowest BCUT2D eigenvalue weighted by atomic mass is 10.1. The van der Waals surface area contributed by atoms with Crippen molar-refractivity contribution in [2.45, 2.75) is 30.9 Å². The van der Waals surface area contributed by atoms with Crippen molar-refractivity contribution in [3.8, 4) is 0 Å². The zero-order valence-electron chi connectivity index (χ0n) is 15.2. The van der Waals surface area contributed by atoms with Gasteiger partial charge < -0.3 is 16.4 Å². The number of piperidine rings is 1. The first-order chi connectivity index (χ1) is 13.0. The summed E-state index contributed by atoms with van der Waals surface area (Å²) in [4.78, 5) is 15.1. The van der Waals surface area contributed by atoms with E-state index in [2.05, 4.69) is 15.6 Å². The van der Waals surface area contributed by atoms with Crippen LogP contribution >= 0.6 is 0 Å². The Labute approximate surface area is 161 Å². The van der Waals surface area contributed by atoms with Crippen LogP contribution in [0.3, 0.4) is 0 Å². The Balaban J connectivity index is 1.85. The maximum Gasteiger partial charge on any atom is 0.511 e. The molecule has 0 saturated carbocycles. The molecule has 0 bridgehead atoms. The maximum absolute atomic E-state index is 12.6. The average molecular weight is 421 g/mol. The summed E-state index contributed by atoms with van der Waals surface area (Å²) in [5.74, 6) is -0.0769. The first-order valence-electron chi connectivity index (χ1n) is 8.47. The highest BCUT2D eigenvalue weighted by Crippen LogP contribution is 2.28. The van der Waals surface area contributed by atoms with E-state index in [1.165, 1.54) is 0 Å². The normalized spacial score (nSPS) is 17.4. The number of sulfonamides is 1. The molecule has 28 heavy (non-hydrogen) atoms. The fourth-order valence-corrected chi connectivity index (χ4v) is 3.73. The van der Waals surface area contributed by atoms with Gasteiger partial charge in [-0.2, -0.15) is 17.5 Å². The number of alkyl halides is 3. The molecule has 1 fully saturated rings. The summed E-state index contributed by atoms with van der Waals surface area (Å²) in [5.41, 5.74) is 1.17. The van der Waals surface area contributed by atoms with Gasteiger partial charge in [-0.05, 0) is 30.5 Å². The Morgan fingerprint density at radius 1 is 1.25 bits per heavy atom. The third-order valence-corrected chi connectivity index (χ3v) is 5.98. The third kappa shape index (κ3) is 5.35. The maximum atomic E-state index is 12.6. The van der Waals surface area contributed by atoms with Gasteiger partial charge in [0, 0.05) is 38.3 Å². The van der Waals surface area contributed by atoms with Crippen LogP contribution in [-0.2, 0) is 16.6 Å². The van der Waals surface area contributed by atoms with E-state index in [0.717, 1.165) is 5.56 Å². The summed E-state index contributed by atoms with van der Waals surface area (Å²) in [5, 5.41) is 6.14. The molecule has 2 rings (SSSR count). The second kappa shape index (κ2) is 8.78. The van der Waals surface area contributed by atoms with E-state index in [1.54, 1.807) is 31.3 Å². The summed E-state index contributed by atoms with van der Waals surface area (Å²) in [7, 11) is -3.74. The molecule has 1 heterocycles. The van der Waals surface area contributed by atoms with Crippen LogP contribution in [0.25, 0.3) is 0 Å². The van der Waals surface area contributed by atoms with Gasteiger partial charge in [0.2, 0.25) is 5.91 Å². The Morgan fingerprint density at radius 3 is 2.29 bits per heavy atom. The highest BCUT2D eigenvalue weighted by atomic mass is 32.2. The lowest BCUT2D eigenvalue weighted by Gasteiger charge is -2.32. The second-order valence-electron chi connectivity index (χ2n) is 6.26. The summed E-state index contributed by atoms with van der Waals surface area (Å²) in [6.45, 7) is -0.0316. The molecular weight excluding hydrogens is 399 g/mol. The average Bonchev–Trinajstić information content (AvgIpc) is 2.65. The van der Waals surface area contributed by atoms with Gasteiger partial charge in [-0.1, -0.05) is 12.1 Å². The minimum Gasteiger partial charge on any atom is -0.366 e. The molecule has 1 saturated heterocycles. The van der Waals surface area contributed by atoms with Gasteiger partial charge in [0.25, 0.3) is 0 Å². The number of rotatable bonds is 5. The molecule has 1 aromatic carbocycles. The molecule has 0 spiro atoms. The lowest BCUT2D eigenvalue weighted by Crippen LogP contribution is -2.51. The molecule has 1 amide bonds. The first-order valence-corrected chi connectivity index (χ1v) is 9.91. The van der Waals surface area contributed by atoms with Gasteiger partial charge in [-0.3, -0.25) is 9.79 Å². The number of aliphatic imine (C=N–C) groups is 1. The molecule has 0 aliphatic carbocycles. The van der Waals surface area contributed by atoms with Gasteiger partial charge in [-0.25, -0.2) is 8.42 Å². The Morgan fingerprint density at radius 2 is 1.82 bits per heavy atom. The number of hydrogen-bond donors (Lipinski definition) is 3. The zero-order valence-corrected chi connectivity index (χ0v) is 16.0. The number of halogens is 3. The summed E-state index contributed by atoms with van der Waals surface area (Å²) in [6.07, 6.45) is 0.451. The predicted molar refractivity (Wildman–Crippen MR) is 97.9 cm³/mol. The fraction of sp³-hybridized carbons (Fsp3) is 0.500. The van der Waals surface area contributed by atoms with Crippen LogP contribution in [0.15, 0.2) is 29.3 Å². The van der Waals surface area contributed by atoms with Crippen molar-refractivity contribution in [1.29, 1.82) is 0 Å². The molecule has 0 unspecified atom stereocenters. The van der Waals surface area contributed by atoms with E-state index in [1.807, 2.05) is 0 Å². The SMILES string of the molecule is CN=C(NCc1ccc(C(N)=O)cc1)NC1CCN(S(=O)(=O)C(F)(F)F)CC1.